The molecule has 0 aromatic heterocycles. The maximum atomic E-state index is 13.9. The molecule has 0 saturated carbocycles. The summed E-state index contributed by atoms with van der Waals surface area (Å²) >= 11 is 0. The van der Waals surface area contributed by atoms with E-state index in [0.29, 0.717) is 0 Å². The molecular weight excluding hydrogens is 251 g/mol. The van der Waals surface area contributed by atoms with Crippen LogP contribution in [0.25, 0.3) is 0 Å². The molecule has 0 bridgehead atoms. The van der Waals surface area contributed by atoms with Crippen LogP contribution < -0.4 is 5.32 Å². The predicted octanol–water partition coefficient (Wildman–Crippen LogP) is -2.54. The van der Waals surface area contributed by atoms with Gasteiger partial charge in [0.05, 0.1) is 6.61 Å². The lowest BCUT2D eigenvalue weighted by Crippen LogP contribution is -2.61. The number of amides is 2. The predicted molar refractivity (Wildman–Crippen MR) is 53.7 cm³/mol. The number of halogens is 1. The van der Waals surface area contributed by atoms with E-state index in [1.54, 1.807) is 0 Å². The number of hydrogen-bond donors (Lipinski definition) is 5. The van der Waals surface area contributed by atoms with E-state index in [9.17, 15) is 24.5 Å². The number of carbonyl (C=O) groups is 1. The molecule has 18 heavy (non-hydrogen) atoms. The number of nitrogens with one attached hydrogen (secondary N) is 1. The molecule has 5 N–H and O–H groups in total. The first kappa shape index (κ1) is 13.4. The van der Waals surface area contributed by atoms with Crippen molar-refractivity contribution in [3.05, 3.63) is 0 Å². The van der Waals surface area contributed by atoms with Crippen molar-refractivity contribution >= 4 is 6.03 Å². The number of hydrogen-bond acceptors (Lipinski definition) is 6. The average Bonchev–Trinajstić information content (AvgIpc) is 2.52. The van der Waals surface area contributed by atoms with Crippen LogP contribution in [-0.2, 0) is 4.74 Å². The molecule has 2 aliphatic heterocycles. The molecule has 2 heterocycles. The molecular formula is C9H15FN2O6. The summed E-state index contributed by atoms with van der Waals surface area (Å²) in [6.07, 6.45) is -5.91. The Balaban J connectivity index is 2.15. The Morgan fingerprint density at radius 1 is 1.56 bits per heavy atom. The first-order valence-corrected chi connectivity index (χ1v) is 5.48. The van der Waals surface area contributed by atoms with E-state index in [0.717, 1.165) is 4.90 Å². The third kappa shape index (κ3) is 2.04. The fourth-order valence-corrected chi connectivity index (χ4v) is 2.06. The van der Waals surface area contributed by atoms with Crippen molar-refractivity contribution in [2.45, 2.75) is 36.9 Å². The van der Waals surface area contributed by atoms with Crippen molar-refractivity contribution in [3.63, 3.8) is 0 Å². The molecule has 2 rings (SSSR count). The van der Waals surface area contributed by atoms with Crippen molar-refractivity contribution in [2.75, 3.05) is 13.2 Å². The van der Waals surface area contributed by atoms with Gasteiger partial charge in [0.1, 0.15) is 18.4 Å². The maximum absolute atomic E-state index is 13.9. The Hall–Kier alpha value is -1.00. The van der Waals surface area contributed by atoms with Gasteiger partial charge in [0, 0.05) is 13.0 Å². The summed E-state index contributed by atoms with van der Waals surface area (Å²) in [7, 11) is 0. The van der Waals surface area contributed by atoms with Gasteiger partial charge >= 0.3 is 6.03 Å². The second-order valence-electron chi connectivity index (χ2n) is 4.33. The highest BCUT2D eigenvalue weighted by Gasteiger charge is 2.59. The summed E-state index contributed by atoms with van der Waals surface area (Å²) in [6, 6.07) is -0.819. The van der Waals surface area contributed by atoms with Crippen LogP contribution in [0.15, 0.2) is 0 Å². The van der Waals surface area contributed by atoms with Gasteiger partial charge in [0.15, 0.2) is 6.23 Å². The normalized spacial score (nSPS) is 45.2. The Morgan fingerprint density at radius 3 is 2.72 bits per heavy atom. The minimum atomic E-state index is -3.17. The molecule has 2 aliphatic rings. The van der Waals surface area contributed by atoms with Gasteiger partial charge in [-0.1, -0.05) is 0 Å². The molecule has 0 spiro atoms. The molecule has 0 aromatic rings. The quantitative estimate of drug-likeness (QED) is 0.375. The van der Waals surface area contributed by atoms with Gasteiger partial charge < -0.3 is 30.5 Å². The minimum Gasteiger partial charge on any atom is -0.394 e. The fraction of sp³-hybridized carbons (Fsp3) is 0.889. The SMILES string of the molecule is O=C1NC(O)CCN1[C@@H]1O[C@H](CO)[C@@H](O)[C@@]1(O)F. The van der Waals surface area contributed by atoms with Crippen LogP contribution in [0.1, 0.15) is 6.42 Å². The van der Waals surface area contributed by atoms with Crippen LogP contribution in [0.4, 0.5) is 9.18 Å². The number of alkyl halides is 1. The maximum Gasteiger partial charge on any atom is 0.321 e. The zero-order chi connectivity index (χ0) is 13.5. The lowest BCUT2D eigenvalue weighted by Gasteiger charge is -2.37. The average molecular weight is 266 g/mol. The van der Waals surface area contributed by atoms with Crippen LogP contribution >= 0.6 is 0 Å². The zero-order valence-corrected chi connectivity index (χ0v) is 9.36. The molecule has 2 amide bonds. The molecule has 104 valence electrons. The molecule has 0 aromatic carbocycles. The van der Waals surface area contributed by atoms with Gasteiger partial charge in [0.2, 0.25) is 0 Å². The zero-order valence-electron chi connectivity index (χ0n) is 9.36. The van der Waals surface area contributed by atoms with Crippen molar-refractivity contribution in [3.8, 4) is 0 Å². The number of rotatable bonds is 2. The van der Waals surface area contributed by atoms with Crippen molar-refractivity contribution < 1.29 is 34.3 Å². The number of urea groups is 1. The number of ether oxygens (including phenoxy) is 1. The Bertz CT molecular complexity index is 341. The van der Waals surface area contributed by atoms with Crippen molar-refractivity contribution in [1.82, 2.24) is 10.2 Å². The molecule has 2 fully saturated rings. The monoisotopic (exact) mass is 266 g/mol. The Labute approximate surface area is 102 Å². The van der Waals surface area contributed by atoms with Crippen molar-refractivity contribution in [2.24, 2.45) is 0 Å². The third-order valence-electron chi connectivity index (χ3n) is 3.07. The van der Waals surface area contributed by atoms with Crippen LogP contribution in [0, 0.1) is 0 Å². The van der Waals surface area contributed by atoms with Crippen LogP contribution in [0.5, 0.6) is 0 Å². The molecule has 8 nitrogen and oxygen atoms in total. The van der Waals surface area contributed by atoms with E-state index in [1.165, 1.54) is 0 Å². The van der Waals surface area contributed by atoms with Gasteiger partial charge in [0.25, 0.3) is 5.85 Å². The third-order valence-corrected chi connectivity index (χ3v) is 3.07. The molecule has 9 heteroatoms. The molecule has 2 saturated heterocycles. The molecule has 1 unspecified atom stereocenters. The largest absolute Gasteiger partial charge is 0.394 e. The molecule has 0 aliphatic carbocycles. The van der Waals surface area contributed by atoms with E-state index in [2.05, 4.69) is 5.32 Å². The number of nitrogens with zero attached hydrogens (tertiary/aromatic N) is 1. The Kier molecular flexibility index (Phi) is 3.43. The van der Waals surface area contributed by atoms with E-state index in [-0.39, 0.29) is 13.0 Å². The van der Waals surface area contributed by atoms with Gasteiger partial charge in [-0.2, -0.15) is 0 Å². The summed E-state index contributed by atoms with van der Waals surface area (Å²) in [5, 5.41) is 39.1. The van der Waals surface area contributed by atoms with Gasteiger partial charge in [-0.3, -0.25) is 4.90 Å². The second-order valence-corrected chi connectivity index (χ2v) is 4.33. The van der Waals surface area contributed by atoms with Crippen LogP contribution in [0.3, 0.4) is 0 Å². The van der Waals surface area contributed by atoms with Crippen molar-refractivity contribution in [1.29, 1.82) is 0 Å². The summed E-state index contributed by atoms with van der Waals surface area (Å²) in [5.74, 6) is -3.17. The summed E-state index contributed by atoms with van der Waals surface area (Å²) in [4.78, 5) is 12.4. The number of aliphatic hydroxyl groups is 4. The number of aliphatic hydroxyl groups excluding tert-OH is 3. The molecule has 5 atom stereocenters. The first-order valence-electron chi connectivity index (χ1n) is 5.48. The minimum absolute atomic E-state index is 0.0469. The van der Waals surface area contributed by atoms with Gasteiger partial charge in [-0.15, -0.1) is 0 Å². The van der Waals surface area contributed by atoms with E-state index < -0.39 is 43.2 Å². The summed E-state index contributed by atoms with van der Waals surface area (Å²) in [6.45, 7) is -0.739. The fourth-order valence-electron chi connectivity index (χ4n) is 2.06. The van der Waals surface area contributed by atoms with Crippen LogP contribution in [-0.4, -0.2) is 75.0 Å². The standard InChI is InChI=1S/C9H15FN2O6/c10-9(17)6(15)4(3-13)18-7(9)12-2-1-5(14)11-8(12)16/h4-7,13-15,17H,1-3H2,(H,11,16)/t4-,5?,6-,7-,9+/m1/s1. The van der Waals surface area contributed by atoms with Gasteiger partial charge in [-0.05, 0) is 0 Å². The summed E-state index contributed by atoms with van der Waals surface area (Å²) < 4.78 is 18.9. The highest BCUT2D eigenvalue weighted by atomic mass is 19.2. The second kappa shape index (κ2) is 4.59. The Morgan fingerprint density at radius 2 is 2.22 bits per heavy atom. The lowest BCUT2D eigenvalue weighted by atomic mass is 10.1. The van der Waals surface area contributed by atoms with Crippen LogP contribution in [0.2, 0.25) is 0 Å². The summed E-state index contributed by atoms with van der Waals surface area (Å²) in [5.41, 5.74) is 0. The lowest BCUT2D eigenvalue weighted by molar-refractivity contribution is -0.207. The smallest absolute Gasteiger partial charge is 0.321 e. The van der Waals surface area contributed by atoms with E-state index in [1.807, 2.05) is 0 Å². The van der Waals surface area contributed by atoms with E-state index >= 15 is 0 Å². The highest BCUT2D eigenvalue weighted by Crippen LogP contribution is 2.35. The first-order chi connectivity index (χ1) is 8.37. The van der Waals surface area contributed by atoms with E-state index in [4.69, 9.17) is 9.84 Å². The topological polar surface area (TPSA) is 122 Å². The highest BCUT2D eigenvalue weighted by molar-refractivity contribution is 5.75. The molecule has 0 radical (unpaired) electrons. The van der Waals surface area contributed by atoms with Gasteiger partial charge in [-0.25, -0.2) is 9.18 Å². The number of carbonyl (C=O) groups excluding carboxylic acids is 1.